The van der Waals surface area contributed by atoms with Crippen LogP contribution in [0.3, 0.4) is 0 Å². The second-order valence-corrected chi connectivity index (χ2v) is 5.46. The molecule has 1 heterocycles. The van der Waals surface area contributed by atoms with E-state index in [0.29, 0.717) is 23.1 Å². The SMILES string of the molecule is NNC(=O)c1cc(-c2cccc(OCc3ccccc3Cl)c2)n[nH]1. The van der Waals surface area contributed by atoms with Crippen LogP contribution in [0.4, 0.5) is 0 Å². The van der Waals surface area contributed by atoms with E-state index in [4.69, 9.17) is 22.2 Å². The minimum absolute atomic E-state index is 0.287. The Morgan fingerprint density at radius 2 is 2.04 bits per heavy atom. The fraction of sp³-hybridized carbons (Fsp3) is 0.0588. The molecule has 0 bridgehead atoms. The van der Waals surface area contributed by atoms with Crippen LogP contribution < -0.4 is 16.0 Å². The summed E-state index contributed by atoms with van der Waals surface area (Å²) in [7, 11) is 0. The second-order valence-electron chi connectivity index (χ2n) is 5.05. The van der Waals surface area contributed by atoms with Gasteiger partial charge >= 0.3 is 0 Å². The number of aromatic amines is 1. The number of carbonyl (C=O) groups is 1. The van der Waals surface area contributed by atoms with Crippen LogP contribution in [0.2, 0.25) is 5.02 Å². The molecule has 0 saturated carbocycles. The number of carbonyl (C=O) groups excluding carboxylic acids is 1. The van der Waals surface area contributed by atoms with Gasteiger partial charge < -0.3 is 4.74 Å². The van der Waals surface area contributed by atoms with E-state index in [9.17, 15) is 4.79 Å². The van der Waals surface area contributed by atoms with Crippen LogP contribution in [-0.2, 0) is 6.61 Å². The maximum atomic E-state index is 11.5. The Morgan fingerprint density at radius 1 is 1.21 bits per heavy atom. The molecule has 0 saturated heterocycles. The fourth-order valence-electron chi connectivity index (χ4n) is 2.19. The van der Waals surface area contributed by atoms with Crippen LogP contribution in [0.25, 0.3) is 11.3 Å². The minimum atomic E-state index is -0.431. The van der Waals surface area contributed by atoms with Crippen molar-refractivity contribution in [3.8, 4) is 17.0 Å². The van der Waals surface area contributed by atoms with E-state index in [0.717, 1.165) is 11.1 Å². The number of hydrazine groups is 1. The van der Waals surface area contributed by atoms with Gasteiger partial charge in [0.25, 0.3) is 5.91 Å². The van der Waals surface area contributed by atoms with E-state index < -0.39 is 5.91 Å². The van der Waals surface area contributed by atoms with Crippen molar-refractivity contribution in [2.45, 2.75) is 6.61 Å². The Hall–Kier alpha value is -2.83. The molecule has 6 nitrogen and oxygen atoms in total. The van der Waals surface area contributed by atoms with Crippen molar-refractivity contribution in [2.75, 3.05) is 0 Å². The van der Waals surface area contributed by atoms with Crippen molar-refractivity contribution in [3.05, 3.63) is 70.9 Å². The molecule has 122 valence electrons. The standard InChI is InChI=1S/C17H15ClN4O2/c18-14-7-2-1-4-12(14)10-24-13-6-3-5-11(8-13)15-9-16(22-21-15)17(23)20-19/h1-9H,10,19H2,(H,20,23)(H,21,22). The molecule has 0 unspecified atom stereocenters. The van der Waals surface area contributed by atoms with Crippen LogP contribution in [0.5, 0.6) is 5.75 Å². The van der Waals surface area contributed by atoms with Crippen molar-refractivity contribution >= 4 is 17.5 Å². The molecule has 0 atom stereocenters. The van der Waals surface area contributed by atoms with E-state index in [1.807, 2.05) is 48.5 Å². The Labute approximate surface area is 143 Å². The molecule has 0 fully saturated rings. The largest absolute Gasteiger partial charge is 0.489 e. The number of ether oxygens (including phenoxy) is 1. The number of aromatic nitrogens is 2. The normalized spacial score (nSPS) is 10.4. The summed E-state index contributed by atoms with van der Waals surface area (Å²) in [6.45, 7) is 0.366. The Kier molecular flexibility index (Phi) is 4.79. The Balaban J connectivity index is 1.76. The number of nitrogens with two attached hydrogens (primary N) is 1. The molecule has 0 spiro atoms. The fourth-order valence-corrected chi connectivity index (χ4v) is 2.38. The quantitative estimate of drug-likeness (QED) is 0.377. The van der Waals surface area contributed by atoms with Crippen molar-refractivity contribution in [3.63, 3.8) is 0 Å². The highest BCUT2D eigenvalue weighted by Crippen LogP contribution is 2.24. The average Bonchev–Trinajstić information content (AvgIpc) is 3.11. The number of hydrogen-bond donors (Lipinski definition) is 3. The number of amides is 1. The first-order valence-electron chi connectivity index (χ1n) is 7.20. The molecule has 3 rings (SSSR count). The maximum Gasteiger partial charge on any atom is 0.283 e. The predicted octanol–water partition coefficient (Wildman–Crippen LogP) is 2.91. The summed E-state index contributed by atoms with van der Waals surface area (Å²) in [4.78, 5) is 11.5. The van der Waals surface area contributed by atoms with Gasteiger partial charge in [-0.2, -0.15) is 5.10 Å². The summed E-state index contributed by atoms with van der Waals surface area (Å²) in [5, 5.41) is 7.42. The minimum Gasteiger partial charge on any atom is -0.489 e. The average molecular weight is 343 g/mol. The van der Waals surface area contributed by atoms with Gasteiger partial charge in [-0.1, -0.05) is 41.9 Å². The first-order valence-corrected chi connectivity index (χ1v) is 7.58. The van der Waals surface area contributed by atoms with Gasteiger partial charge in [-0.25, -0.2) is 5.84 Å². The number of H-pyrrole nitrogens is 1. The van der Waals surface area contributed by atoms with Gasteiger partial charge in [0.05, 0.1) is 5.69 Å². The zero-order chi connectivity index (χ0) is 16.9. The van der Waals surface area contributed by atoms with Gasteiger partial charge in [0.15, 0.2) is 0 Å². The van der Waals surface area contributed by atoms with E-state index in [2.05, 4.69) is 15.6 Å². The Morgan fingerprint density at radius 3 is 2.83 bits per heavy atom. The molecule has 2 aromatic carbocycles. The highest BCUT2D eigenvalue weighted by atomic mass is 35.5. The van der Waals surface area contributed by atoms with Gasteiger partial charge in [0.1, 0.15) is 18.1 Å². The molecular formula is C17H15ClN4O2. The van der Waals surface area contributed by atoms with Crippen molar-refractivity contribution < 1.29 is 9.53 Å². The van der Waals surface area contributed by atoms with Crippen LogP contribution in [0.15, 0.2) is 54.6 Å². The van der Waals surface area contributed by atoms with E-state index in [-0.39, 0.29) is 5.69 Å². The summed E-state index contributed by atoms with van der Waals surface area (Å²) in [5.41, 5.74) is 4.69. The lowest BCUT2D eigenvalue weighted by Crippen LogP contribution is -2.30. The summed E-state index contributed by atoms with van der Waals surface area (Å²) in [6, 6.07) is 16.6. The van der Waals surface area contributed by atoms with Gasteiger partial charge in [-0.3, -0.25) is 15.3 Å². The smallest absolute Gasteiger partial charge is 0.283 e. The second kappa shape index (κ2) is 7.16. The third-order valence-corrected chi connectivity index (χ3v) is 3.80. The highest BCUT2D eigenvalue weighted by molar-refractivity contribution is 6.31. The molecule has 1 aromatic heterocycles. The predicted molar refractivity (Wildman–Crippen MR) is 91.5 cm³/mol. The molecule has 1 amide bonds. The number of hydrogen-bond acceptors (Lipinski definition) is 4. The van der Waals surface area contributed by atoms with Crippen LogP contribution in [-0.4, -0.2) is 16.1 Å². The van der Waals surface area contributed by atoms with E-state index >= 15 is 0 Å². The topological polar surface area (TPSA) is 93.0 Å². The van der Waals surface area contributed by atoms with Gasteiger partial charge in [-0.05, 0) is 24.3 Å². The molecule has 0 radical (unpaired) electrons. The molecule has 0 aliphatic carbocycles. The summed E-state index contributed by atoms with van der Waals surface area (Å²) >= 11 is 6.12. The molecule has 4 N–H and O–H groups in total. The van der Waals surface area contributed by atoms with Crippen molar-refractivity contribution in [1.82, 2.24) is 15.6 Å². The molecule has 3 aromatic rings. The first-order chi connectivity index (χ1) is 11.7. The number of halogens is 1. The lowest BCUT2D eigenvalue weighted by molar-refractivity contribution is 0.0948. The third kappa shape index (κ3) is 3.56. The van der Waals surface area contributed by atoms with Gasteiger partial charge in [0, 0.05) is 16.1 Å². The number of benzene rings is 2. The van der Waals surface area contributed by atoms with Crippen LogP contribution in [0, 0.1) is 0 Å². The first kappa shape index (κ1) is 16.0. The van der Waals surface area contributed by atoms with E-state index in [1.165, 1.54) is 0 Å². The number of rotatable bonds is 5. The number of nitrogen functional groups attached to an aromatic ring is 1. The highest BCUT2D eigenvalue weighted by Gasteiger charge is 2.10. The van der Waals surface area contributed by atoms with Crippen molar-refractivity contribution in [2.24, 2.45) is 5.84 Å². The molecular weight excluding hydrogens is 328 g/mol. The zero-order valence-corrected chi connectivity index (χ0v) is 13.4. The number of nitrogens with zero attached hydrogens (tertiary/aromatic N) is 1. The number of nitrogens with one attached hydrogen (secondary N) is 2. The van der Waals surface area contributed by atoms with Gasteiger partial charge in [0.2, 0.25) is 0 Å². The lowest BCUT2D eigenvalue weighted by Gasteiger charge is -2.08. The molecule has 7 heteroatoms. The molecule has 24 heavy (non-hydrogen) atoms. The zero-order valence-electron chi connectivity index (χ0n) is 12.6. The third-order valence-electron chi connectivity index (χ3n) is 3.44. The van der Waals surface area contributed by atoms with Crippen LogP contribution >= 0.6 is 11.6 Å². The van der Waals surface area contributed by atoms with Gasteiger partial charge in [-0.15, -0.1) is 0 Å². The maximum absolute atomic E-state index is 11.5. The van der Waals surface area contributed by atoms with E-state index in [1.54, 1.807) is 6.07 Å². The molecule has 0 aliphatic rings. The molecule has 0 aliphatic heterocycles. The van der Waals surface area contributed by atoms with Crippen molar-refractivity contribution in [1.29, 1.82) is 0 Å². The summed E-state index contributed by atoms with van der Waals surface area (Å²) in [5.74, 6) is 5.36. The monoisotopic (exact) mass is 342 g/mol. The summed E-state index contributed by atoms with van der Waals surface area (Å²) < 4.78 is 5.79. The van der Waals surface area contributed by atoms with Crippen LogP contribution in [0.1, 0.15) is 16.1 Å². The summed E-state index contributed by atoms with van der Waals surface area (Å²) in [6.07, 6.45) is 0. The lowest BCUT2D eigenvalue weighted by atomic mass is 10.1. The Bertz CT molecular complexity index is 863.